The number of Topliss-reactive ketones (excluding diaryl/α,β-unsaturated/α-hetero) is 1. The molecule has 8 nitrogen and oxygen atoms in total. The number of carbonyl (C=O) groups excluding carboxylic acids is 2. The van der Waals surface area contributed by atoms with Gasteiger partial charge in [0.2, 0.25) is 11.6 Å². The lowest BCUT2D eigenvalue weighted by atomic mass is 10.1. The van der Waals surface area contributed by atoms with Crippen molar-refractivity contribution in [3.05, 3.63) is 52.3 Å². The van der Waals surface area contributed by atoms with Crippen LogP contribution in [-0.2, 0) is 10.9 Å². The number of rotatable bonds is 5. The van der Waals surface area contributed by atoms with Crippen molar-refractivity contribution in [2.45, 2.75) is 33.0 Å². The van der Waals surface area contributed by atoms with Gasteiger partial charge in [0.25, 0.3) is 0 Å². The predicted molar refractivity (Wildman–Crippen MR) is 98.9 cm³/mol. The summed E-state index contributed by atoms with van der Waals surface area (Å²) in [6.07, 6.45) is -4.50. The number of aryl methyl sites for hydroxylation is 1. The number of carbonyl (C=O) groups is 2. The van der Waals surface area contributed by atoms with Crippen LogP contribution < -0.4 is 0 Å². The van der Waals surface area contributed by atoms with Crippen LogP contribution in [0.3, 0.4) is 0 Å². The van der Waals surface area contributed by atoms with Gasteiger partial charge in [-0.2, -0.15) is 18.0 Å². The molecule has 0 aliphatic rings. The average molecular weight is 421 g/mol. The molecule has 0 amide bonds. The number of nitrogens with zero attached hydrogens (tertiary/aromatic N) is 4. The van der Waals surface area contributed by atoms with E-state index in [0.717, 1.165) is 16.9 Å². The standard InChI is InChI=1S/C19H18F3N5O3/c1-9-14(18(29)30-4)10(2)23-15(9)16(28)11(3)27-25-17(24-26-27)12-6-5-7-13(8-12)19(20,21)22/h5-8,11,23H,1-4H3. The van der Waals surface area contributed by atoms with Crippen molar-refractivity contribution in [1.29, 1.82) is 0 Å². The summed E-state index contributed by atoms with van der Waals surface area (Å²) >= 11 is 0. The summed E-state index contributed by atoms with van der Waals surface area (Å²) in [4.78, 5) is 28.7. The SMILES string of the molecule is COC(=O)c1c(C)[nH]c(C(=O)C(C)n2nnc(-c3cccc(C(F)(F)F)c3)n2)c1C. The van der Waals surface area contributed by atoms with Crippen LogP contribution in [0.15, 0.2) is 24.3 Å². The van der Waals surface area contributed by atoms with Gasteiger partial charge in [0, 0.05) is 11.3 Å². The minimum absolute atomic E-state index is 0.0459. The molecule has 0 radical (unpaired) electrons. The Bertz CT molecular complexity index is 1120. The first-order valence-electron chi connectivity index (χ1n) is 8.83. The average Bonchev–Trinajstić information content (AvgIpc) is 3.31. The lowest BCUT2D eigenvalue weighted by molar-refractivity contribution is -0.137. The second-order valence-corrected chi connectivity index (χ2v) is 6.67. The van der Waals surface area contributed by atoms with Gasteiger partial charge >= 0.3 is 12.1 Å². The summed E-state index contributed by atoms with van der Waals surface area (Å²) in [7, 11) is 1.24. The van der Waals surface area contributed by atoms with Crippen LogP contribution >= 0.6 is 0 Å². The number of nitrogens with one attached hydrogen (secondary N) is 1. The highest BCUT2D eigenvalue weighted by Crippen LogP contribution is 2.31. The highest BCUT2D eigenvalue weighted by molar-refractivity contribution is 6.03. The Morgan fingerprint density at radius 3 is 2.57 bits per heavy atom. The predicted octanol–water partition coefficient (Wildman–Crippen LogP) is 3.53. The smallest absolute Gasteiger partial charge is 0.416 e. The molecule has 1 unspecified atom stereocenters. The first kappa shape index (κ1) is 21.2. The molecule has 158 valence electrons. The number of aromatic amines is 1. The van der Waals surface area contributed by atoms with Gasteiger partial charge in [0.05, 0.1) is 23.9 Å². The van der Waals surface area contributed by atoms with Crippen molar-refractivity contribution >= 4 is 11.8 Å². The fourth-order valence-electron chi connectivity index (χ4n) is 3.06. The van der Waals surface area contributed by atoms with Gasteiger partial charge < -0.3 is 9.72 Å². The molecule has 3 aromatic rings. The number of hydrogen-bond acceptors (Lipinski definition) is 6. The normalized spacial score (nSPS) is 12.6. The van der Waals surface area contributed by atoms with Gasteiger partial charge in [-0.3, -0.25) is 4.79 Å². The molecule has 0 spiro atoms. The lowest BCUT2D eigenvalue weighted by Crippen LogP contribution is -2.20. The van der Waals surface area contributed by atoms with Crippen LogP contribution in [0.5, 0.6) is 0 Å². The van der Waals surface area contributed by atoms with Crippen molar-refractivity contribution in [3.8, 4) is 11.4 Å². The van der Waals surface area contributed by atoms with Gasteiger partial charge in [-0.1, -0.05) is 12.1 Å². The summed E-state index contributed by atoms with van der Waals surface area (Å²) in [6, 6.07) is 3.60. The van der Waals surface area contributed by atoms with Crippen LogP contribution in [0, 0.1) is 13.8 Å². The molecule has 0 bridgehead atoms. The number of H-pyrrole nitrogens is 1. The number of alkyl halides is 3. The fourth-order valence-corrected chi connectivity index (χ4v) is 3.06. The summed E-state index contributed by atoms with van der Waals surface area (Å²) in [6.45, 7) is 4.77. The second kappa shape index (κ2) is 7.73. The van der Waals surface area contributed by atoms with Crippen LogP contribution in [0.2, 0.25) is 0 Å². The molecule has 11 heteroatoms. The van der Waals surface area contributed by atoms with Crippen molar-refractivity contribution in [2.75, 3.05) is 7.11 Å². The van der Waals surface area contributed by atoms with E-state index < -0.39 is 29.5 Å². The highest BCUT2D eigenvalue weighted by atomic mass is 19.4. The molecule has 0 saturated carbocycles. The van der Waals surface area contributed by atoms with E-state index in [2.05, 4.69) is 20.4 Å². The molecule has 0 aliphatic carbocycles. The Kier molecular flexibility index (Phi) is 5.47. The maximum Gasteiger partial charge on any atom is 0.416 e. The molecule has 0 fully saturated rings. The van der Waals surface area contributed by atoms with Gasteiger partial charge in [-0.15, -0.1) is 10.2 Å². The summed E-state index contributed by atoms with van der Waals surface area (Å²) in [5.74, 6) is -1.03. The number of benzene rings is 1. The van der Waals surface area contributed by atoms with Gasteiger partial charge in [-0.25, -0.2) is 4.79 Å². The summed E-state index contributed by atoms with van der Waals surface area (Å²) in [5.41, 5.74) is 0.645. The second-order valence-electron chi connectivity index (χ2n) is 6.67. The van der Waals surface area contributed by atoms with Crippen molar-refractivity contribution in [1.82, 2.24) is 25.2 Å². The van der Waals surface area contributed by atoms with Crippen LogP contribution in [0.25, 0.3) is 11.4 Å². The molecule has 30 heavy (non-hydrogen) atoms. The lowest BCUT2D eigenvalue weighted by Gasteiger charge is -2.09. The molecular formula is C19H18F3N5O3. The third-order valence-electron chi connectivity index (χ3n) is 4.68. The zero-order valence-electron chi connectivity index (χ0n) is 16.5. The Hall–Kier alpha value is -3.50. The van der Waals surface area contributed by atoms with Gasteiger partial charge in [-0.05, 0) is 43.7 Å². The Morgan fingerprint density at radius 1 is 1.23 bits per heavy atom. The maximum absolute atomic E-state index is 12.9. The van der Waals surface area contributed by atoms with Crippen LogP contribution in [-0.4, -0.2) is 44.1 Å². The number of esters is 1. The van der Waals surface area contributed by atoms with E-state index in [0.29, 0.717) is 11.3 Å². The number of tetrazole rings is 1. The first-order valence-corrected chi connectivity index (χ1v) is 8.83. The molecule has 0 aliphatic heterocycles. The maximum atomic E-state index is 12.9. The number of aromatic nitrogens is 5. The quantitative estimate of drug-likeness (QED) is 0.499. The molecule has 2 heterocycles. The van der Waals surface area contributed by atoms with E-state index in [1.54, 1.807) is 13.8 Å². The minimum Gasteiger partial charge on any atom is -0.465 e. The van der Waals surface area contributed by atoms with E-state index in [1.807, 2.05) is 0 Å². The number of ketones is 1. The topological polar surface area (TPSA) is 103 Å². The third-order valence-corrected chi connectivity index (χ3v) is 4.68. The van der Waals surface area contributed by atoms with Crippen molar-refractivity contribution in [2.24, 2.45) is 0 Å². The van der Waals surface area contributed by atoms with Crippen LogP contribution in [0.4, 0.5) is 13.2 Å². The number of ether oxygens (including phenoxy) is 1. The monoisotopic (exact) mass is 421 g/mol. The molecular weight excluding hydrogens is 403 g/mol. The molecule has 3 rings (SSSR count). The zero-order chi connectivity index (χ0) is 22.2. The molecule has 2 aromatic heterocycles. The molecule has 1 atom stereocenters. The Labute approximate surface area is 169 Å². The summed E-state index contributed by atoms with van der Waals surface area (Å²) in [5, 5.41) is 11.6. The number of hydrogen-bond donors (Lipinski definition) is 1. The van der Waals surface area contributed by atoms with E-state index >= 15 is 0 Å². The minimum atomic E-state index is -4.50. The largest absolute Gasteiger partial charge is 0.465 e. The van der Waals surface area contributed by atoms with Crippen molar-refractivity contribution in [3.63, 3.8) is 0 Å². The number of methoxy groups -OCH3 is 1. The Balaban J connectivity index is 1.90. The van der Waals surface area contributed by atoms with E-state index in [-0.39, 0.29) is 22.6 Å². The van der Waals surface area contributed by atoms with Gasteiger partial charge in [0.1, 0.15) is 6.04 Å². The zero-order valence-corrected chi connectivity index (χ0v) is 16.5. The van der Waals surface area contributed by atoms with E-state index in [1.165, 1.54) is 26.2 Å². The van der Waals surface area contributed by atoms with E-state index in [4.69, 9.17) is 4.74 Å². The molecule has 0 saturated heterocycles. The van der Waals surface area contributed by atoms with Crippen LogP contribution in [0.1, 0.15) is 50.6 Å². The summed E-state index contributed by atoms with van der Waals surface area (Å²) < 4.78 is 43.5. The fraction of sp³-hybridized carbons (Fsp3) is 0.316. The third kappa shape index (κ3) is 3.82. The van der Waals surface area contributed by atoms with Gasteiger partial charge in [0.15, 0.2) is 0 Å². The van der Waals surface area contributed by atoms with Crippen molar-refractivity contribution < 1.29 is 27.5 Å². The number of halogens is 3. The van der Waals surface area contributed by atoms with E-state index in [9.17, 15) is 22.8 Å². The molecule has 1 aromatic carbocycles. The molecule has 1 N–H and O–H groups in total. The highest BCUT2D eigenvalue weighted by Gasteiger charge is 2.31. The Morgan fingerprint density at radius 2 is 1.93 bits per heavy atom. The first-order chi connectivity index (χ1) is 14.0.